The van der Waals surface area contributed by atoms with Gasteiger partial charge in [0.05, 0.1) is 0 Å². The zero-order valence-electron chi connectivity index (χ0n) is 9.54. The van der Waals surface area contributed by atoms with Crippen LogP contribution in [0.15, 0.2) is 0 Å². The average Bonchev–Trinajstić information content (AvgIpc) is 2.26. The van der Waals surface area contributed by atoms with Crippen LogP contribution >= 0.6 is 0 Å². The Morgan fingerprint density at radius 1 is 1.40 bits per heavy atom. The van der Waals surface area contributed by atoms with E-state index in [0.717, 1.165) is 44.9 Å². The van der Waals surface area contributed by atoms with E-state index in [0.29, 0.717) is 0 Å². The minimum Gasteiger partial charge on any atom is -0.317 e. The lowest BCUT2D eigenvalue weighted by atomic mass is 9.97. The van der Waals surface area contributed by atoms with Gasteiger partial charge in [-0.1, -0.05) is 0 Å². The van der Waals surface area contributed by atoms with Crippen LogP contribution in [0.1, 0.15) is 25.7 Å². The number of hydrogen-bond donors (Lipinski definition) is 1. The van der Waals surface area contributed by atoms with Crippen LogP contribution in [0.25, 0.3) is 0 Å². The second kappa shape index (κ2) is 4.94. The predicted octanol–water partition coefficient (Wildman–Crippen LogP) is 0.455. The Bertz CT molecular complexity index is 226. The van der Waals surface area contributed by atoms with Crippen molar-refractivity contribution < 1.29 is 4.79 Å². The molecule has 2 rings (SSSR count). The number of nitrogens with zero attached hydrogens (tertiary/aromatic N) is 2. The molecule has 1 N–H and O–H groups in total. The van der Waals surface area contributed by atoms with Crippen molar-refractivity contribution in [2.45, 2.75) is 25.7 Å². The Morgan fingerprint density at radius 3 is 2.87 bits per heavy atom. The zero-order chi connectivity index (χ0) is 10.7. The number of piperidine rings is 1. The smallest absolute Gasteiger partial charge is 0.236 e. The van der Waals surface area contributed by atoms with Crippen LogP contribution in [-0.4, -0.2) is 49.2 Å². The molecule has 0 aromatic heterocycles. The fourth-order valence-corrected chi connectivity index (χ4v) is 2.46. The number of carbonyl (C=O) groups is 1. The highest BCUT2D eigenvalue weighted by Crippen LogP contribution is 2.17. The first-order valence-electron chi connectivity index (χ1n) is 5.99. The molecule has 0 spiro atoms. The summed E-state index contributed by atoms with van der Waals surface area (Å²) in [7, 11) is 1.91. The number of nitrogens with one attached hydrogen (secondary N) is 1. The Labute approximate surface area is 91.6 Å². The van der Waals surface area contributed by atoms with Crippen LogP contribution in [0.3, 0.4) is 0 Å². The molecular weight excluding hydrogens is 190 g/mol. The van der Waals surface area contributed by atoms with E-state index < -0.39 is 0 Å². The highest BCUT2D eigenvalue weighted by atomic mass is 16.2. The van der Waals surface area contributed by atoms with Gasteiger partial charge in [0, 0.05) is 26.6 Å². The molecule has 2 fully saturated rings. The van der Waals surface area contributed by atoms with E-state index in [1.54, 1.807) is 0 Å². The molecule has 2 aliphatic heterocycles. The molecule has 0 aromatic rings. The zero-order valence-corrected chi connectivity index (χ0v) is 9.54. The Morgan fingerprint density at radius 2 is 2.13 bits per heavy atom. The van der Waals surface area contributed by atoms with Crippen molar-refractivity contribution in [3.8, 4) is 0 Å². The summed E-state index contributed by atoms with van der Waals surface area (Å²) in [6.45, 7) is 4.38. The van der Waals surface area contributed by atoms with Gasteiger partial charge in [0.2, 0.25) is 5.91 Å². The van der Waals surface area contributed by atoms with Gasteiger partial charge < -0.3 is 5.32 Å². The van der Waals surface area contributed by atoms with Gasteiger partial charge in [-0.05, 0) is 38.3 Å². The van der Waals surface area contributed by atoms with Crippen LogP contribution < -0.4 is 5.32 Å². The van der Waals surface area contributed by atoms with E-state index in [1.165, 1.54) is 12.8 Å². The molecule has 0 saturated carbocycles. The maximum atomic E-state index is 11.5. The molecule has 0 radical (unpaired) electrons. The van der Waals surface area contributed by atoms with Crippen molar-refractivity contribution in [1.82, 2.24) is 15.3 Å². The second-order valence-corrected chi connectivity index (χ2v) is 4.63. The molecule has 0 atom stereocenters. The van der Waals surface area contributed by atoms with Crippen LogP contribution in [0.2, 0.25) is 0 Å². The van der Waals surface area contributed by atoms with E-state index in [9.17, 15) is 4.79 Å². The lowest BCUT2D eigenvalue weighted by Crippen LogP contribution is -2.50. The molecule has 86 valence electrons. The summed E-state index contributed by atoms with van der Waals surface area (Å²) in [5.74, 6) is 1.04. The number of carbonyl (C=O) groups excluding carboxylic acids is 1. The lowest BCUT2D eigenvalue weighted by molar-refractivity contribution is -0.152. The van der Waals surface area contributed by atoms with Crippen molar-refractivity contribution in [3.63, 3.8) is 0 Å². The maximum absolute atomic E-state index is 11.5. The van der Waals surface area contributed by atoms with Crippen molar-refractivity contribution in [2.24, 2.45) is 5.92 Å². The van der Waals surface area contributed by atoms with Crippen molar-refractivity contribution >= 4 is 5.91 Å². The largest absolute Gasteiger partial charge is 0.317 e. The summed E-state index contributed by atoms with van der Waals surface area (Å²) in [6, 6.07) is 0. The summed E-state index contributed by atoms with van der Waals surface area (Å²) in [5, 5.41) is 7.42. The highest BCUT2D eigenvalue weighted by Gasteiger charge is 2.25. The standard InChI is InChI=1S/C11H21N3O/c1-13-11(15)3-2-8-14(13)9-10-4-6-12-7-5-10/h10,12H,2-9H2,1H3. The Hall–Kier alpha value is -0.610. The Kier molecular flexibility index (Phi) is 3.59. The monoisotopic (exact) mass is 211 g/mol. The predicted molar refractivity (Wildman–Crippen MR) is 59.2 cm³/mol. The maximum Gasteiger partial charge on any atom is 0.236 e. The number of hydrogen-bond acceptors (Lipinski definition) is 3. The quantitative estimate of drug-likeness (QED) is 0.720. The molecular formula is C11H21N3O. The molecule has 0 unspecified atom stereocenters. The summed E-state index contributed by atoms with van der Waals surface area (Å²) in [6.07, 6.45) is 4.24. The van der Waals surface area contributed by atoms with Crippen molar-refractivity contribution in [1.29, 1.82) is 0 Å². The molecule has 2 heterocycles. The summed E-state index contributed by atoms with van der Waals surface area (Å²) >= 11 is 0. The van der Waals surface area contributed by atoms with E-state index in [1.807, 2.05) is 12.1 Å². The van der Waals surface area contributed by atoms with Gasteiger partial charge in [-0.15, -0.1) is 0 Å². The first-order chi connectivity index (χ1) is 7.27. The van der Waals surface area contributed by atoms with Crippen molar-refractivity contribution in [2.75, 3.05) is 33.2 Å². The fraction of sp³-hybridized carbons (Fsp3) is 0.909. The first-order valence-corrected chi connectivity index (χ1v) is 5.99. The molecule has 2 aliphatic rings. The second-order valence-electron chi connectivity index (χ2n) is 4.63. The van der Waals surface area contributed by atoms with Gasteiger partial charge in [-0.3, -0.25) is 9.80 Å². The molecule has 2 saturated heterocycles. The highest BCUT2D eigenvalue weighted by molar-refractivity contribution is 5.75. The van der Waals surface area contributed by atoms with Gasteiger partial charge in [-0.25, -0.2) is 5.01 Å². The van der Waals surface area contributed by atoms with Gasteiger partial charge in [0.1, 0.15) is 0 Å². The molecule has 0 bridgehead atoms. The van der Waals surface area contributed by atoms with Gasteiger partial charge >= 0.3 is 0 Å². The molecule has 15 heavy (non-hydrogen) atoms. The fourth-order valence-electron chi connectivity index (χ4n) is 2.46. The van der Waals surface area contributed by atoms with E-state index in [-0.39, 0.29) is 5.91 Å². The summed E-state index contributed by atoms with van der Waals surface area (Å²) in [5.41, 5.74) is 0. The molecule has 4 heteroatoms. The summed E-state index contributed by atoms with van der Waals surface area (Å²) < 4.78 is 0. The molecule has 0 aromatic carbocycles. The molecule has 0 aliphatic carbocycles. The minimum absolute atomic E-state index is 0.273. The van der Waals surface area contributed by atoms with Gasteiger partial charge in [0.15, 0.2) is 0 Å². The third-order valence-electron chi connectivity index (χ3n) is 3.52. The Balaban J connectivity index is 1.84. The number of amides is 1. The third kappa shape index (κ3) is 2.69. The lowest BCUT2D eigenvalue weighted by Gasteiger charge is -2.38. The van der Waals surface area contributed by atoms with Crippen LogP contribution in [-0.2, 0) is 4.79 Å². The minimum atomic E-state index is 0.273. The molecule has 4 nitrogen and oxygen atoms in total. The van der Waals surface area contributed by atoms with E-state index in [4.69, 9.17) is 0 Å². The third-order valence-corrected chi connectivity index (χ3v) is 3.52. The van der Waals surface area contributed by atoms with Gasteiger partial charge in [-0.2, -0.15) is 0 Å². The van der Waals surface area contributed by atoms with Crippen LogP contribution in [0.5, 0.6) is 0 Å². The molecule has 1 amide bonds. The van der Waals surface area contributed by atoms with Crippen LogP contribution in [0, 0.1) is 5.92 Å². The van der Waals surface area contributed by atoms with Crippen molar-refractivity contribution in [3.05, 3.63) is 0 Å². The van der Waals surface area contributed by atoms with E-state index in [2.05, 4.69) is 10.3 Å². The van der Waals surface area contributed by atoms with Crippen LogP contribution in [0.4, 0.5) is 0 Å². The topological polar surface area (TPSA) is 35.6 Å². The SMILES string of the molecule is CN1C(=O)CCCN1CC1CCNCC1. The number of rotatable bonds is 2. The normalized spacial score (nSPS) is 25.9. The first kappa shape index (κ1) is 10.9. The number of hydrazine groups is 1. The average molecular weight is 211 g/mol. The van der Waals surface area contributed by atoms with Gasteiger partial charge in [0.25, 0.3) is 0 Å². The summed E-state index contributed by atoms with van der Waals surface area (Å²) in [4.78, 5) is 11.5. The van der Waals surface area contributed by atoms with E-state index >= 15 is 0 Å².